The SMILES string of the molecule is CC1=C(C)N2C(=NC3C2C(=O)NC(=O)N3C)N1c1ccccc1F. The van der Waals surface area contributed by atoms with Crippen molar-refractivity contribution in [2.75, 3.05) is 11.9 Å². The van der Waals surface area contributed by atoms with Gasteiger partial charge in [0.25, 0.3) is 5.91 Å². The minimum atomic E-state index is -0.644. The second kappa shape index (κ2) is 4.80. The number of fused-ring (bicyclic) bond motifs is 3. The number of likely N-dealkylation sites (N-methyl/N-ethyl adjacent to an activating group) is 1. The average molecular weight is 329 g/mol. The van der Waals surface area contributed by atoms with E-state index in [9.17, 15) is 14.0 Å². The van der Waals surface area contributed by atoms with Crippen LogP contribution in [0.5, 0.6) is 0 Å². The average Bonchev–Trinajstić information content (AvgIpc) is 3.04. The zero-order chi connectivity index (χ0) is 17.2. The van der Waals surface area contributed by atoms with Gasteiger partial charge in [-0.2, -0.15) is 0 Å². The summed E-state index contributed by atoms with van der Waals surface area (Å²) in [6, 6.07) is 5.28. The van der Waals surface area contributed by atoms with Crippen LogP contribution in [0.3, 0.4) is 0 Å². The second-order valence-corrected chi connectivity index (χ2v) is 6.02. The van der Waals surface area contributed by atoms with Gasteiger partial charge in [0, 0.05) is 18.4 Å². The van der Waals surface area contributed by atoms with Gasteiger partial charge in [-0.15, -0.1) is 0 Å². The summed E-state index contributed by atoms with van der Waals surface area (Å²) >= 11 is 0. The van der Waals surface area contributed by atoms with Crippen molar-refractivity contribution >= 4 is 23.6 Å². The quantitative estimate of drug-likeness (QED) is 0.847. The standard InChI is InChI=1S/C16H16FN5O2/c1-8-9(2)22-12-13(20(3)16(24)19-14(12)23)18-15(22)21(8)11-7-5-4-6-10(11)17/h4-7,12-13H,1-3H3,(H,19,23,24). The van der Waals surface area contributed by atoms with Crippen molar-refractivity contribution in [3.63, 3.8) is 0 Å². The van der Waals surface area contributed by atoms with Gasteiger partial charge in [0.1, 0.15) is 5.82 Å². The van der Waals surface area contributed by atoms with Gasteiger partial charge in [-0.1, -0.05) is 12.1 Å². The monoisotopic (exact) mass is 329 g/mol. The van der Waals surface area contributed by atoms with Crippen LogP contribution in [0.15, 0.2) is 40.7 Å². The number of imide groups is 1. The Kier molecular flexibility index (Phi) is 2.93. The number of nitrogens with zero attached hydrogens (tertiary/aromatic N) is 4. The van der Waals surface area contributed by atoms with Crippen molar-refractivity contribution < 1.29 is 14.0 Å². The summed E-state index contributed by atoms with van der Waals surface area (Å²) in [5, 5.41) is 2.33. The van der Waals surface area contributed by atoms with E-state index in [1.165, 1.54) is 11.0 Å². The molecule has 2 unspecified atom stereocenters. The number of guanidine groups is 1. The Balaban J connectivity index is 1.84. The van der Waals surface area contributed by atoms with E-state index in [-0.39, 0.29) is 5.82 Å². The minimum Gasteiger partial charge on any atom is -0.303 e. The van der Waals surface area contributed by atoms with E-state index in [1.807, 2.05) is 13.8 Å². The lowest BCUT2D eigenvalue weighted by Crippen LogP contribution is -2.63. The number of nitrogens with one attached hydrogen (secondary N) is 1. The minimum absolute atomic E-state index is 0.364. The Labute approximate surface area is 138 Å². The third-order valence-corrected chi connectivity index (χ3v) is 4.75. The molecule has 124 valence electrons. The van der Waals surface area contributed by atoms with Crippen molar-refractivity contribution in [2.24, 2.45) is 4.99 Å². The molecule has 1 aromatic rings. The number of benzene rings is 1. The van der Waals surface area contributed by atoms with Gasteiger partial charge in [0.05, 0.1) is 5.69 Å². The van der Waals surface area contributed by atoms with E-state index < -0.39 is 24.1 Å². The molecule has 4 rings (SSSR count). The van der Waals surface area contributed by atoms with Crippen molar-refractivity contribution in [1.82, 2.24) is 15.1 Å². The number of allylic oxidation sites excluding steroid dienone is 2. The van der Waals surface area contributed by atoms with E-state index >= 15 is 0 Å². The first-order valence-corrected chi connectivity index (χ1v) is 7.58. The first kappa shape index (κ1) is 14.7. The van der Waals surface area contributed by atoms with Gasteiger partial charge in [0.15, 0.2) is 12.2 Å². The lowest BCUT2D eigenvalue weighted by atomic mass is 10.1. The van der Waals surface area contributed by atoms with Gasteiger partial charge in [0.2, 0.25) is 5.96 Å². The summed E-state index contributed by atoms with van der Waals surface area (Å²) in [5.74, 6) is -0.316. The van der Waals surface area contributed by atoms with Crippen LogP contribution in [-0.4, -0.2) is 47.0 Å². The number of amides is 3. The molecule has 1 aromatic carbocycles. The fourth-order valence-electron chi connectivity index (χ4n) is 3.38. The molecule has 0 spiro atoms. The molecule has 24 heavy (non-hydrogen) atoms. The largest absolute Gasteiger partial charge is 0.325 e. The molecule has 3 heterocycles. The molecule has 1 N–H and O–H groups in total. The van der Waals surface area contributed by atoms with E-state index in [1.54, 1.807) is 35.0 Å². The van der Waals surface area contributed by atoms with Crippen LogP contribution in [0.4, 0.5) is 14.9 Å². The van der Waals surface area contributed by atoms with Gasteiger partial charge < -0.3 is 4.90 Å². The van der Waals surface area contributed by atoms with Crippen molar-refractivity contribution in [3.05, 3.63) is 41.5 Å². The van der Waals surface area contributed by atoms with Crippen LogP contribution in [0.1, 0.15) is 13.8 Å². The number of hydrogen-bond acceptors (Lipinski definition) is 5. The molecule has 7 nitrogen and oxygen atoms in total. The number of carbonyl (C=O) groups excluding carboxylic acids is 2. The van der Waals surface area contributed by atoms with E-state index in [2.05, 4.69) is 10.3 Å². The molecule has 3 aliphatic heterocycles. The third-order valence-electron chi connectivity index (χ3n) is 4.75. The second-order valence-electron chi connectivity index (χ2n) is 6.02. The maximum absolute atomic E-state index is 14.3. The number of aliphatic imine (C=N–C) groups is 1. The smallest absolute Gasteiger partial charge is 0.303 e. The first-order chi connectivity index (χ1) is 11.4. The molecule has 0 radical (unpaired) electrons. The number of hydrogen-bond donors (Lipinski definition) is 1. The summed E-state index contributed by atoms with van der Waals surface area (Å²) in [5.41, 5.74) is 1.97. The Morgan fingerprint density at radius 1 is 1.17 bits per heavy atom. The highest BCUT2D eigenvalue weighted by atomic mass is 19.1. The van der Waals surface area contributed by atoms with Crippen LogP contribution < -0.4 is 10.2 Å². The van der Waals surface area contributed by atoms with Crippen molar-refractivity contribution in [2.45, 2.75) is 26.1 Å². The highest BCUT2D eigenvalue weighted by molar-refractivity contribution is 6.10. The molecule has 3 amide bonds. The third kappa shape index (κ3) is 1.73. The molecule has 1 fully saturated rings. The predicted octanol–water partition coefficient (Wildman–Crippen LogP) is 1.44. The number of halogens is 1. The molecule has 2 atom stereocenters. The fourth-order valence-corrected chi connectivity index (χ4v) is 3.38. The van der Waals surface area contributed by atoms with Crippen LogP contribution in [0, 0.1) is 5.82 Å². The lowest BCUT2D eigenvalue weighted by Gasteiger charge is -2.35. The molecule has 0 aromatic heterocycles. The molecule has 8 heteroatoms. The maximum Gasteiger partial charge on any atom is 0.325 e. The molecule has 0 bridgehead atoms. The van der Waals surface area contributed by atoms with Gasteiger partial charge in [-0.05, 0) is 26.0 Å². The molecular weight excluding hydrogens is 313 g/mol. The predicted molar refractivity (Wildman–Crippen MR) is 85.4 cm³/mol. The molecule has 1 saturated heterocycles. The summed E-state index contributed by atoms with van der Waals surface area (Å²) in [6.07, 6.45) is -0.626. The van der Waals surface area contributed by atoms with E-state index in [0.29, 0.717) is 11.6 Å². The Hall–Kier alpha value is -2.90. The highest BCUT2D eigenvalue weighted by Crippen LogP contribution is 2.39. The molecular formula is C16H16FN5O2. The summed E-state index contributed by atoms with van der Waals surface area (Å²) < 4.78 is 14.3. The van der Waals surface area contributed by atoms with Crippen LogP contribution in [-0.2, 0) is 4.79 Å². The van der Waals surface area contributed by atoms with Crippen LogP contribution >= 0.6 is 0 Å². The summed E-state index contributed by atoms with van der Waals surface area (Å²) in [4.78, 5) is 33.6. The van der Waals surface area contributed by atoms with Gasteiger partial charge >= 0.3 is 6.03 Å². The maximum atomic E-state index is 14.3. The molecule has 0 saturated carbocycles. The molecule has 3 aliphatic rings. The Morgan fingerprint density at radius 2 is 1.88 bits per heavy atom. The topological polar surface area (TPSA) is 68.2 Å². The van der Waals surface area contributed by atoms with Crippen LogP contribution in [0.2, 0.25) is 0 Å². The van der Waals surface area contributed by atoms with Crippen molar-refractivity contribution in [3.8, 4) is 0 Å². The number of para-hydroxylation sites is 1. The fraction of sp³-hybridized carbons (Fsp3) is 0.312. The highest BCUT2D eigenvalue weighted by Gasteiger charge is 2.53. The zero-order valence-electron chi connectivity index (χ0n) is 13.4. The van der Waals surface area contributed by atoms with Gasteiger partial charge in [-0.25, -0.2) is 14.2 Å². The van der Waals surface area contributed by atoms with Crippen LogP contribution in [0.25, 0.3) is 0 Å². The summed E-state index contributed by atoms with van der Waals surface area (Å²) in [6.45, 7) is 3.71. The van der Waals surface area contributed by atoms with E-state index in [0.717, 1.165) is 11.4 Å². The Morgan fingerprint density at radius 3 is 2.58 bits per heavy atom. The lowest BCUT2D eigenvalue weighted by molar-refractivity contribution is -0.126. The van der Waals surface area contributed by atoms with Crippen molar-refractivity contribution in [1.29, 1.82) is 0 Å². The number of carbonyl (C=O) groups is 2. The Bertz CT molecular complexity index is 834. The first-order valence-electron chi connectivity index (χ1n) is 7.58. The normalized spacial score (nSPS) is 25.8. The number of anilines is 1. The number of urea groups is 1. The van der Waals surface area contributed by atoms with Gasteiger partial charge in [-0.3, -0.25) is 19.9 Å². The van der Waals surface area contributed by atoms with E-state index in [4.69, 9.17) is 0 Å². The zero-order valence-corrected chi connectivity index (χ0v) is 13.4. The number of rotatable bonds is 1. The summed E-state index contributed by atoms with van der Waals surface area (Å²) in [7, 11) is 1.59. The molecule has 0 aliphatic carbocycles.